The highest BCUT2D eigenvalue weighted by molar-refractivity contribution is 5.31. The van der Waals surface area contributed by atoms with Gasteiger partial charge in [-0.25, -0.2) is 0 Å². The number of fused-ring (bicyclic) bond motifs is 1. The predicted octanol–water partition coefficient (Wildman–Crippen LogP) is 4.11. The van der Waals surface area contributed by atoms with Crippen molar-refractivity contribution in [3.8, 4) is 0 Å². The first-order valence-corrected chi connectivity index (χ1v) is 8.25. The number of rotatable bonds is 7. The second-order valence-corrected chi connectivity index (χ2v) is 5.79. The van der Waals surface area contributed by atoms with E-state index in [0.29, 0.717) is 12.0 Å². The molecular formula is C18H29NO. The van der Waals surface area contributed by atoms with Gasteiger partial charge in [0.05, 0.1) is 0 Å². The van der Waals surface area contributed by atoms with Crippen molar-refractivity contribution in [3.05, 3.63) is 35.4 Å². The van der Waals surface area contributed by atoms with Crippen LogP contribution in [0.4, 0.5) is 0 Å². The molecule has 1 aliphatic carbocycles. The highest BCUT2D eigenvalue weighted by Crippen LogP contribution is 2.35. The summed E-state index contributed by atoms with van der Waals surface area (Å²) in [4.78, 5) is 0. The molecule has 0 saturated carbocycles. The summed E-state index contributed by atoms with van der Waals surface area (Å²) in [7, 11) is 0. The summed E-state index contributed by atoms with van der Waals surface area (Å²) in [6, 6.07) is 9.47. The molecule has 2 heteroatoms. The average Bonchev–Trinajstić information content (AvgIpc) is 2.64. The minimum Gasteiger partial charge on any atom is -0.381 e. The fourth-order valence-corrected chi connectivity index (χ4v) is 3.33. The number of ether oxygens (including phenoxy) is 1. The van der Waals surface area contributed by atoms with Gasteiger partial charge in [-0.15, -0.1) is 0 Å². The zero-order valence-corrected chi connectivity index (χ0v) is 13.0. The third kappa shape index (κ3) is 4.07. The van der Waals surface area contributed by atoms with Crippen molar-refractivity contribution in [1.29, 1.82) is 0 Å². The molecule has 112 valence electrons. The highest BCUT2D eigenvalue weighted by Gasteiger charge is 2.26. The van der Waals surface area contributed by atoms with E-state index in [2.05, 4.69) is 43.4 Å². The van der Waals surface area contributed by atoms with E-state index >= 15 is 0 Å². The fraction of sp³-hybridized carbons (Fsp3) is 0.667. The van der Waals surface area contributed by atoms with Crippen LogP contribution in [0.3, 0.4) is 0 Å². The molecule has 0 amide bonds. The predicted molar refractivity (Wildman–Crippen MR) is 85.0 cm³/mol. The molecule has 0 radical (unpaired) electrons. The van der Waals surface area contributed by atoms with Crippen LogP contribution in [0.25, 0.3) is 0 Å². The molecule has 2 rings (SSSR count). The lowest BCUT2D eigenvalue weighted by Gasteiger charge is -2.27. The van der Waals surface area contributed by atoms with E-state index in [1.807, 2.05) is 0 Å². The van der Waals surface area contributed by atoms with Gasteiger partial charge in [-0.05, 0) is 55.7 Å². The summed E-state index contributed by atoms with van der Waals surface area (Å²) in [6.45, 7) is 7.21. The van der Waals surface area contributed by atoms with Crippen LogP contribution in [0.2, 0.25) is 0 Å². The van der Waals surface area contributed by atoms with Gasteiger partial charge >= 0.3 is 0 Å². The van der Waals surface area contributed by atoms with Gasteiger partial charge in [0, 0.05) is 19.3 Å². The second kappa shape index (κ2) is 8.43. The third-order valence-corrected chi connectivity index (χ3v) is 4.29. The molecule has 1 aromatic carbocycles. The summed E-state index contributed by atoms with van der Waals surface area (Å²) < 4.78 is 5.71. The van der Waals surface area contributed by atoms with Gasteiger partial charge in [-0.1, -0.05) is 38.1 Å². The number of aryl methyl sites for hydroxylation is 1. The lowest BCUT2D eigenvalue weighted by atomic mass is 9.88. The molecule has 2 unspecified atom stereocenters. The van der Waals surface area contributed by atoms with Crippen LogP contribution in [0.15, 0.2) is 24.3 Å². The average molecular weight is 275 g/mol. The van der Waals surface area contributed by atoms with E-state index in [1.165, 1.54) is 36.8 Å². The Balaban J connectivity index is 2.06. The van der Waals surface area contributed by atoms with Crippen LogP contribution < -0.4 is 5.32 Å². The Morgan fingerprint density at radius 3 is 2.85 bits per heavy atom. The molecule has 2 atom stereocenters. The first-order valence-electron chi connectivity index (χ1n) is 8.25. The normalized spacial score (nSPS) is 22.3. The molecule has 0 spiro atoms. The largest absolute Gasteiger partial charge is 0.381 e. The van der Waals surface area contributed by atoms with Gasteiger partial charge in [-0.3, -0.25) is 0 Å². The number of hydrogen-bond acceptors (Lipinski definition) is 2. The maximum Gasteiger partial charge on any atom is 0.0469 e. The Morgan fingerprint density at radius 1 is 1.20 bits per heavy atom. The van der Waals surface area contributed by atoms with E-state index < -0.39 is 0 Å². The lowest BCUT2D eigenvalue weighted by molar-refractivity contribution is 0.112. The first-order chi connectivity index (χ1) is 9.86. The Hall–Kier alpha value is -0.860. The van der Waals surface area contributed by atoms with E-state index in [1.54, 1.807) is 0 Å². The van der Waals surface area contributed by atoms with Crippen molar-refractivity contribution in [3.63, 3.8) is 0 Å². The second-order valence-electron chi connectivity index (χ2n) is 5.79. The fourth-order valence-electron chi connectivity index (χ4n) is 3.33. The molecule has 20 heavy (non-hydrogen) atoms. The molecule has 0 fully saturated rings. The highest BCUT2D eigenvalue weighted by atomic mass is 16.5. The quantitative estimate of drug-likeness (QED) is 0.597. The van der Waals surface area contributed by atoms with Crippen molar-refractivity contribution < 1.29 is 4.74 Å². The van der Waals surface area contributed by atoms with Crippen molar-refractivity contribution in [2.45, 2.75) is 52.0 Å². The molecule has 0 aliphatic heterocycles. The molecule has 0 heterocycles. The van der Waals surface area contributed by atoms with Crippen LogP contribution in [-0.2, 0) is 11.2 Å². The molecular weight excluding hydrogens is 246 g/mol. The summed E-state index contributed by atoms with van der Waals surface area (Å²) in [5.74, 6) is 0.704. The monoisotopic (exact) mass is 275 g/mol. The van der Waals surface area contributed by atoms with Gasteiger partial charge in [0.2, 0.25) is 0 Å². The van der Waals surface area contributed by atoms with Gasteiger partial charge in [-0.2, -0.15) is 0 Å². The lowest BCUT2D eigenvalue weighted by Crippen LogP contribution is -2.29. The minimum absolute atomic E-state index is 0.504. The Morgan fingerprint density at radius 2 is 2.05 bits per heavy atom. The van der Waals surface area contributed by atoms with E-state index in [9.17, 15) is 0 Å². The van der Waals surface area contributed by atoms with E-state index in [0.717, 1.165) is 26.2 Å². The number of nitrogens with one attached hydrogen (secondary N) is 1. The summed E-state index contributed by atoms with van der Waals surface area (Å²) in [5, 5.41) is 3.72. The molecule has 1 aliphatic rings. The molecule has 0 saturated heterocycles. The Labute approximate surface area is 123 Å². The van der Waals surface area contributed by atoms with Gasteiger partial charge in [0.15, 0.2) is 0 Å². The first kappa shape index (κ1) is 15.5. The van der Waals surface area contributed by atoms with Crippen molar-refractivity contribution in [2.75, 3.05) is 19.8 Å². The number of hydrogen-bond donors (Lipinski definition) is 1. The zero-order chi connectivity index (χ0) is 14.2. The maximum atomic E-state index is 5.71. The van der Waals surface area contributed by atoms with E-state index in [-0.39, 0.29) is 0 Å². The van der Waals surface area contributed by atoms with Gasteiger partial charge in [0.25, 0.3) is 0 Å². The Bertz CT molecular complexity index is 391. The van der Waals surface area contributed by atoms with Gasteiger partial charge < -0.3 is 10.1 Å². The topological polar surface area (TPSA) is 21.3 Å². The molecule has 2 nitrogen and oxygen atoms in total. The standard InChI is InChI=1S/C18H29NO/c1-3-13-20-14-12-16-10-7-9-15-8-5-6-11-17(15)18(16)19-4-2/h5-6,8,11,16,18-19H,3-4,7,9-10,12-14H2,1-2H3. The van der Waals surface area contributed by atoms with Crippen LogP contribution in [0, 0.1) is 5.92 Å². The van der Waals surface area contributed by atoms with Crippen molar-refractivity contribution in [2.24, 2.45) is 5.92 Å². The van der Waals surface area contributed by atoms with Crippen molar-refractivity contribution in [1.82, 2.24) is 5.32 Å². The summed E-state index contributed by atoms with van der Waals surface area (Å²) >= 11 is 0. The molecule has 0 aromatic heterocycles. The van der Waals surface area contributed by atoms with Crippen LogP contribution in [0.1, 0.15) is 56.7 Å². The SMILES string of the molecule is CCCOCCC1CCCc2ccccc2C1NCC. The third-order valence-electron chi connectivity index (χ3n) is 4.29. The van der Waals surface area contributed by atoms with Crippen molar-refractivity contribution >= 4 is 0 Å². The van der Waals surface area contributed by atoms with E-state index in [4.69, 9.17) is 4.74 Å². The van der Waals surface area contributed by atoms with Crippen LogP contribution in [-0.4, -0.2) is 19.8 Å². The number of benzene rings is 1. The van der Waals surface area contributed by atoms with Crippen LogP contribution >= 0.6 is 0 Å². The Kier molecular flexibility index (Phi) is 6.55. The summed E-state index contributed by atoms with van der Waals surface area (Å²) in [5.41, 5.74) is 3.06. The molecule has 1 N–H and O–H groups in total. The minimum atomic E-state index is 0.504. The maximum absolute atomic E-state index is 5.71. The summed E-state index contributed by atoms with van der Waals surface area (Å²) in [6.07, 6.45) is 6.12. The van der Waals surface area contributed by atoms with Gasteiger partial charge in [0.1, 0.15) is 0 Å². The molecule has 1 aromatic rings. The smallest absolute Gasteiger partial charge is 0.0469 e. The van der Waals surface area contributed by atoms with Crippen LogP contribution in [0.5, 0.6) is 0 Å². The molecule has 0 bridgehead atoms. The zero-order valence-electron chi connectivity index (χ0n) is 13.0.